The Hall–Kier alpha value is -2.89. The molecule has 0 fully saturated rings. The van der Waals surface area contributed by atoms with Gasteiger partial charge in [-0.25, -0.2) is 0 Å². The second kappa shape index (κ2) is 5.72. The summed E-state index contributed by atoms with van der Waals surface area (Å²) in [4.78, 5) is 38.1. The summed E-state index contributed by atoms with van der Waals surface area (Å²) in [6, 6.07) is 10.1. The number of fused-ring (bicyclic) bond motifs is 1. The highest BCUT2D eigenvalue weighted by atomic mass is 16.2. The molecule has 2 heterocycles. The van der Waals surface area contributed by atoms with Crippen molar-refractivity contribution in [1.82, 2.24) is 4.57 Å². The number of nitrogens with one attached hydrogen (secondary N) is 1. The summed E-state index contributed by atoms with van der Waals surface area (Å²) in [5, 5.41) is 2.84. The minimum absolute atomic E-state index is 0.117. The third-order valence-corrected chi connectivity index (χ3v) is 3.93. The van der Waals surface area contributed by atoms with Crippen molar-refractivity contribution in [1.29, 1.82) is 0 Å². The van der Waals surface area contributed by atoms with Gasteiger partial charge in [-0.05, 0) is 18.2 Å². The van der Waals surface area contributed by atoms with Gasteiger partial charge in [-0.1, -0.05) is 19.1 Å². The van der Waals surface area contributed by atoms with Crippen molar-refractivity contribution in [2.75, 3.05) is 16.8 Å². The molecule has 118 valence electrons. The highest BCUT2D eigenvalue weighted by Gasteiger charge is 2.29. The Balaban J connectivity index is 2.06. The molecule has 0 saturated carbocycles. The predicted molar refractivity (Wildman–Crippen MR) is 87.6 cm³/mol. The minimum atomic E-state index is -0.334. The number of nitrogens with zero attached hydrogens (tertiary/aromatic N) is 2. The van der Waals surface area contributed by atoms with Crippen LogP contribution in [0.3, 0.4) is 0 Å². The summed E-state index contributed by atoms with van der Waals surface area (Å²) in [5.74, 6) is -0.691. The largest absolute Gasteiger partial charge is 0.324 e. The van der Waals surface area contributed by atoms with Crippen molar-refractivity contribution >= 4 is 23.2 Å². The molecule has 0 unspecified atom stereocenters. The molecule has 0 bridgehead atoms. The molecule has 0 spiro atoms. The Kier molecular flexibility index (Phi) is 3.73. The van der Waals surface area contributed by atoms with Gasteiger partial charge in [0.05, 0.1) is 22.9 Å². The second-order valence-corrected chi connectivity index (χ2v) is 5.69. The van der Waals surface area contributed by atoms with Gasteiger partial charge >= 0.3 is 0 Å². The van der Waals surface area contributed by atoms with E-state index in [1.165, 1.54) is 22.9 Å². The van der Waals surface area contributed by atoms with Crippen molar-refractivity contribution in [2.45, 2.75) is 6.92 Å². The molecular formula is C17H17N3O3. The number of carbonyl (C=O) groups excluding carboxylic acids is 2. The van der Waals surface area contributed by atoms with E-state index in [0.29, 0.717) is 16.9 Å². The van der Waals surface area contributed by atoms with Gasteiger partial charge in [0.1, 0.15) is 0 Å². The molecule has 6 heteroatoms. The van der Waals surface area contributed by atoms with E-state index in [0.717, 1.165) is 0 Å². The first kappa shape index (κ1) is 15.0. The lowest BCUT2D eigenvalue weighted by Crippen LogP contribution is -2.36. The second-order valence-electron chi connectivity index (χ2n) is 5.69. The molecule has 2 aromatic rings. The first-order chi connectivity index (χ1) is 11.0. The molecule has 1 atom stereocenters. The summed E-state index contributed by atoms with van der Waals surface area (Å²) in [6.45, 7) is 2.06. The molecule has 6 nitrogen and oxygen atoms in total. The highest BCUT2D eigenvalue weighted by Crippen LogP contribution is 2.30. The Morgan fingerprint density at radius 2 is 1.91 bits per heavy atom. The number of aryl methyl sites for hydroxylation is 1. The van der Waals surface area contributed by atoms with Gasteiger partial charge in [-0.3, -0.25) is 14.4 Å². The number of hydrogen-bond donors (Lipinski definition) is 1. The zero-order valence-electron chi connectivity index (χ0n) is 12.9. The van der Waals surface area contributed by atoms with Crippen LogP contribution in [0.2, 0.25) is 0 Å². The zero-order chi connectivity index (χ0) is 16.6. The van der Waals surface area contributed by atoms with E-state index in [2.05, 4.69) is 5.32 Å². The monoisotopic (exact) mass is 311 g/mol. The number of hydrogen-bond acceptors (Lipinski definition) is 3. The van der Waals surface area contributed by atoms with Crippen LogP contribution >= 0.6 is 0 Å². The van der Waals surface area contributed by atoms with Crippen molar-refractivity contribution in [2.24, 2.45) is 13.0 Å². The highest BCUT2D eigenvalue weighted by molar-refractivity contribution is 6.10. The summed E-state index contributed by atoms with van der Waals surface area (Å²) < 4.78 is 1.36. The van der Waals surface area contributed by atoms with E-state index in [-0.39, 0.29) is 29.8 Å². The molecule has 23 heavy (non-hydrogen) atoms. The van der Waals surface area contributed by atoms with Gasteiger partial charge < -0.3 is 14.8 Å². The molecule has 1 aliphatic rings. The van der Waals surface area contributed by atoms with Crippen molar-refractivity contribution in [3.05, 3.63) is 58.5 Å². The fraction of sp³-hybridized carbons (Fsp3) is 0.235. The maximum absolute atomic E-state index is 12.9. The average Bonchev–Trinajstić information content (AvgIpc) is 2.66. The maximum atomic E-state index is 12.9. The van der Waals surface area contributed by atoms with E-state index < -0.39 is 0 Å². The van der Waals surface area contributed by atoms with E-state index in [4.69, 9.17) is 0 Å². The Labute approximate surface area is 133 Å². The van der Waals surface area contributed by atoms with Crippen molar-refractivity contribution < 1.29 is 9.59 Å². The molecule has 1 aliphatic heterocycles. The van der Waals surface area contributed by atoms with E-state index in [1.54, 1.807) is 31.0 Å². The first-order valence-electron chi connectivity index (χ1n) is 7.36. The Morgan fingerprint density at radius 1 is 1.17 bits per heavy atom. The SMILES string of the molecule is C[C@H]1CN(C(=O)c2ccc(=O)n(C)c2)c2ccccc2NC1=O. The smallest absolute Gasteiger partial charge is 0.259 e. The average molecular weight is 311 g/mol. The number of para-hydroxylation sites is 2. The number of pyridine rings is 1. The van der Waals surface area contributed by atoms with Crippen LogP contribution in [0.25, 0.3) is 0 Å². The fourth-order valence-electron chi connectivity index (χ4n) is 2.59. The van der Waals surface area contributed by atoms with Crippen LogP contribution in [0, 0.1) is 5.92 Å². The molecule has 0 aliphatic carbocycles. The third kappa shape index (κ3) is 2.75. The lowest BCUT2D eigenvalue weighted by Gasteiger charge is -2.23. The van der Waals surface area contributed by atoms with E-state index in [9.17, 15) is 14.4 Å². The molecule has 3 rings (SSSR count). The standard InChI is InChI=1S/C17H17N3O3/c1-11-9-20(14-6-4-3-5-13(14)18-16(11)22)17(23)12-7-8-15(21)19(2)10-12/h3-8,10-11H,9H2,1-2H3,(H,18,22)/t11-/m0/s1. The van der Waals surface area contributed by atoms with E-state index >= 15 is 0 Å². The normalized spacial score (nSPS) is 17.2. The van der Waals surface area contributed by atoms with Crippen LogP contribution in [-0.4, -0.2) is 22.9 Å². The van der Waals surface area contributed by atoms with Crippen molar-refractivity contribution in [3.63, 3.8) is 0 Å². The quantitative estimate of drug-likeness (QED) is 0.870. The van der Waals surface area contributed by atoms with Gasteiger partial charge in [0.2, 0.25) is 11.5 Å². The van der Waals surface area contributed by atoms with Gasteiger partial charge in [0, 0.05) is 25.9 Å². The molecular weight excluding hydrogens is 294 g/mol. The number of amides is 2. The van der Waals surface area contributed by atoms with Gasteiger partial charge in [-0.15, -0.1) is 0 Å². The lowest BCUT2D eigenvalue weighted by molar-refractivity contribution is -0.119. The summed E-state index contributed by atoms with van der Waals surface area (Å²) in [7, 11) is 1.60. The predicted octanol–water partition coefficient (Wildman–Crippen LogP) is 1.62. The van der Waals surface area contributed by atoms with Gasteiger partial charge in [0.15, 0.2) is 0 Å². The molecule has 1 aromatic heterocycles. The molecule has 0 saturated heterocycles. The van der Waals surface area contributed by atoms with E-state index in [1.807, 2.05) is 12.1 Å². The number of benzene rings is 1. The maximum Gasteiger partial charge on any atom is 0.259 e. The van der Waals surface area contributed by atoms with Gasteiger partial charge in [0.25, 0.3) is 5.91 Å². The first-order valence-corrected chi connectivity index (χ1v) is 7.36. The number of carbonyl (C=O) groups is 2. The molecule has 0 radical (unpaired) electrons. The number of anilines is 2. The molecule has 1 aromatic carbocycles. The van der Waals surface area contributed by atoms with Crippen LogP contribution in [0.5, 0.6) is 0 Å². The minimum Gasteiger partial charge on any atom is -0.324 e. The summed E-state index contributed by atoms with van der Waals surface area (Å²) >= 11 is 0. The Morgan fingerprint density at radius 3 is 2.65 bits per heavy atom. The topological polar surface area (TPSA) is 71.4 Å². The summed E-state index contributed by atoms with van der Waals surface area (Å²) in [5.41, 5.74) is 1.50. The molecule has 1 N–H and O–H groups in total. The van der Waals surface area contributed by atoms with Crippen LogP contribution in [0.1, 0.15) is 17.3 Å². The van der Waals surface area contributed by atoms with Crippen LogP contribution in [-0.2, 0) is 11.8 Å². The number of aromatic nitrogens is 1. The third-order valence-electron chi connectivity index (χ3n) is 3.93. The van der Waals surface area contributed by atoms with Crippen LogP contribution in [0.4, 0.5) is 11.4 Å². The Bertz CT molecular complexity index is 841. The number of rotatable bonds is 1. The fourth-order valence-corrected chi connectivity index (χ4v) is 2.59. The van der Waals surface area contributed by atoms with Crippen molar-refractivity contribution in [3.8, 4) is 0 Å². The zero-order valence-corrected chi connectivity index (χ0v) is 12.9. The van der Waals surface area contributed by atoms with Gasteiger partial charge in [-0.2, -0.15) is 0 Å². The van der Waals surface area contributed by atoms with Crippen LogP contribution < -0.4 is 15.8 Å². The molecule has 2 amide bonds. The lowest BCUT2D eigenvalue weighted by atomic mass is 10.1. The summed E-state index contributed by atoms with van der Waals surface area (Å²) in [6.07, 6.45) is 1.51. The van der Waals surface area contributed by atoms with Crippen LogP contribution in [0.15, 0.2) is 47.4 Å².